The minimum absolute atomic E-state index is 0.202. The van der Waals surface area contributed by atoms with Crippen molar-refractivity contribution in [2.45, 2.75) is 32.9 Å². The maximum Gasteiger partial charge on any atom is 0.338 e. The van der Waals surface area contributed by atoms with Crippen molar-refractivity contribution in [3.63, 3.8) is 0 Å². The number of carbonyl (C=O) groups excluding carboxylic acids is 1. The van der Waals surface area contributed by atoms with Crippen LogP contribution in [0.4, 0.5) is 0 Å². The van der Waals surface area contributed by atoms with Gasteiger partial charge in [-0.05, 0) is 38.5 Å². The first-order chi connectivity index (χ1) is 8.57. The van der Waals surface area contributed by atoms with Crippen molar-refractivity contribution in [3.8, 4) is 0 Å². The molecular formula is C13H19NO4S. The van der Waals surface area contributed by atoms with Crippen molar-refractivity contribution in [1.82, 2.24) is 4.72 Å². The molecule has 0 amide bonds. The molecule has 0 aliphatic carbocycles. The van der Waals surface area contributed by atoms with Crippen LogP contribution in [-0.2, 0) is 21.3 Å². The lowest BCUT2D eigenvalue weighted by Gasteiger charge is -2.19. The highest BCUT2D eigenvalue weighted by Crippen LogP contribution is 2.12. The largest absolute Gasteiger partial charge is 0.456 e. The van der Waals surface area contributed by atoms with Crippen molar-refractivity contribution < 1.29 is 17.9 Å². The van der Waals surface area contributed by atoms with E-state index >= 15 is 0 Å². The van der Waals surface area contributed by atoms with Crippen molar-refractivity contribution in [2.75, 3.05) is 6.26 Å². The first kappa shape index (κ1) is 15.7. The van der Waals surface area contributed by atoms with E-state index in [9.17, 15) is 13.2 Å². The summed E-state index contributed by atoms with van der Waals surface area (Å²) < 4.78 is 29.5. The van der Waals surface area contributed by atoms with Crippen LogP contribution < -0.4 is 4.72 Å². The number of nitrogens with one attached hydrogen (secondary N) is 1. The second-order valence-corrected chi connectivity index (χ2v) is 7.13. The number of carbonyl (C=O) groups is 1. The minimum Gasteiger partial charge on any atom is -0.456 e. The fraction of sp³-hybridized carbons (Fsp3) is 0.462. The summed E-state index contributed by atoms with van der Waals surface area (Å²) in [6, 6.07) is 6.62. The Kier molecular flexibility index (Phi) is 4.70. The van der Waals surface area contributed by atoms with Crippen LogP contribution in [0.25, 0.3) is 0 Å². The van der Waals surface area contributed by atoms with E-state index in [0.29, 0.717) is 5.56 Å². The molecule has 1 rings (SSSR count). The summed E-state index contributed by atoms with van der Waals surface area (Å²) in [5.74, 6) is -0.393. The molecule has 0 spiro atoms. The zero-order valence-corrected chi connectivity index (χ0v) is 12.4. The van der Waals surface area contributed by atoms with Gasteiger partial charge in [0.05, 0.1) is 11.8 Å². The quantitative estimate of drug-likeness (QED) is 0.854. The number of hydrogen-bond acceptors (Lipinski definition) is 4. The van der Waals surface area contributed by atoms with Gasteiger partial charge >= 0.3 is 5.97 Å². The Balaban J connectivity index is 2.69. The summed E-state index contributed by atoms with van der Waals surface area (Å²) in [5, 5.41) is 0. The molecule has 0 radical (unpaired) electrons. The first-order valence-corrected chi connectivity index (χ1v) is 7.73. The van der Waals surface area contributed by atoms with Crippen LogP contribution in [-0.4, -0.2) is 26.2 Å². The smallest absolute Gasteiger partial charge is 0.338 e. The minimum atomic E-state index is -3.21. The number of esters is 1. The van der Waals surface area contributed by atoms with Gasteiger partial charge in [-0.2, -0.15) is 0 Å². The highest BCUT2D eigenvalue weighted by molar-refractivity contribution is 7.88. The van der Waals surface area contributed by atoms with Crippen LogP contribution in [0.1, 0.15) is 36.7 Å². The van der Waals surface area contributed by atoms with E-state index in [1.165, 1.54) is 0 Å². The van der Waals surface area contributed by atoms with Crippen LogP contribution in [0, 0.1) is 0 Å². The third-order valence-corrected chi connectivity index (χ3v) is 2.80. The molecule has 0 saturated heterocycles. The van der Waals surface area contributed by atoms with Gasteiger partial charge in [-0.1, -0.05) is 12.1 Å². The summed E-state index contributed by atoms with van der Waals surface area (Å²) in [5.41, 5.74) is 0.684. The molecule has 1 N–H and O–H groups in total. The number of ether oxygens (including phenoxy) is 1. The van der Waals surface area contributed by atoms with Gasteiger partial charge in [-0.25, -0.2) is 17.9 Å². The molecule has 5 nitrogen and oxygen atoms in total. The zero-order chi connectivity index (χ0) is 14.7. The van der Waals surface area contributed by atoms with Crippen molar-refractivity contribution in [3.05, 3.63) is 35.4 Å². The van der Waals surface area contributed by atoms with E-state index in [0.717, 1.165) is 11.8 Å². The van der Waals surface area contributed by atoms with Gasteiger partial charge in [0.25, 0.3) is 0 Å². The van der Waals surface area contributed by atoms with Crippen molar-refractivity contribution in [1.29, 1.82) is 0 Å². The topological polar surface area (TPSA) is 72.5 Å². The predicted octanol–water partition coefficient (Wildman–Crippen LogP) is 1.69. The Hall–Kier alpha value is -1.40. The standard InChI is InChI=1S/C13H19NO4S/c1-13(2,3)18-12(15)11-7-5-10(6-8-11)9-14-19(4,16)17/h5-8,14H,9H2,1-4H3. The first-order valence-electron chi connectivity index (χ1n) is 5.84. The molecular weight excluding hydrogens is 266 g/mol. The lowest BCUT2D eigenvalue weighted by Crippen LogP contribution is -2.24. The molecule has 0 aliphatic heterocycles. The molecule has 19 heavy (non-hydrogen) atoms. The van der Waals surface area contributed by atoms with Gasteiger partial charge in [-0.3, -0.25) is 0 Å². The van der Waals surface area contributed by atoms with E-state index in [1.54, 1.807) is 45.0 Å². The van der Waals surface area contributed by atoms with Gasteiger partial charge in [-0.15, -0.1) is 0 Å². The molecule has 0 unspecified atom stereocenters. The van der Waals surface area contributed by atoms with Gasteiger partial charge in [0.2, 0.25) is 10.0 Å². The molecule has 1 aromatic rings. The Labute approximate surface area is 114 Å². The van der Waals surface area contributed by atoms with Crippen LogP contribution in [0.3, 0.4) is 0 Å². The summed E-state index contributed by atoms with van der Waals surface area (Å²) in [4.78, 5) is 11.8. The van der Waals surface area contributed by atoms with E-state index < -0.39 is 21.6 Å². The monoisotopic (exact) mass is 285 g/mol. The maximum absolute atomic E-state index is 11.8. The van der Waals surface area contributed by atoms with E-state index in [2.05, 4.69) is 4.72 Å². The summed E-state index contributed by atoms with van der Waals surface area (Å²) in [7, 11) is -3.21. The van der Waals surface area contributed by atoms with Crippen molar-refractivity contribution >= 4 is 16.0 Å². The normalized spacial score (nSPS) is 12.2. The average molecular weight is 285 g/mol. The Morgan fingerprint density at radius 1 is 1.21 bits per heavy atom. The molecule has 0 fully saturated rings. The average Bonchev–Trinajstić information content (AvgIpc) is 2.23. The molecule has 1 aromatic carbocycles. The van der Waals surface area contributed by atoms with Gasteiger partial charge < -0.3 is 4.74 Å². The number of benzene rings is 1. The van der Waals surface area contributed by atoms with Crippen LogP contribution in [0.15, 0.2) is 24.3 Å². The number of sulfonamides is 1. The molecule has 6 heteroatoms. The van der Waals surface area contributed by atoms with Crippen LogP contribution >= 0.6 is 0 Å². The highest BCUT2D eigenvalue weighted by atomic mass is 32.2. The molecule has 106 valence electrons. The predicted molar refractivity (Wildman–Crippen MR) is 73.3 cm³/mol. The summed E-state index contributed by atoms with van der Waals surface area (Å²) >= 11 is 0. The maximum atomic E-state index is 11.8. The van der Waals surface area contributed by atoms with Gasteiger partial charge in [0, 0.05) is 6.54 Å². The van der Waals surface area contributed by atoms with Crippen LogP contribution in [0.2, 0.25) is 0 Å². The van der Waals surface area contributed by atoms with Crippen molar-refractivity contribution in [2.24, 2.45) is 0 Å². The third kappa shape index (κ3) is 6.35. The highest BCUT2D eigenvalue weighted by Gasteiger charge is 2.17. The fourth-order valence-corrected chi connectivity index (χ4v) is 1.74. The Morgan fingerprint density at radius 3 is 2.16 bits per heavy atom. The molecule has 0 saturated carbocycles. The van der Waals surface area contributed by atoms with Gasteiger partial charge in [0.15, 0.2) is 0 Å². The second kappa shape index (κ2) is 5.71. The SMILES string of the molecule is CC(C)(C)OC(=O)c1ccc(CNS(C)(=O)=O)cc1. The molecule has 0 aliphatic rings. The Morgan fingerprint density at radius 2 is 1.74 bits per heavy atom. The Bertz CT molecular complexity index is 541. The number of rotatable bonds is 4. The molecule has 0 aromatic heterocycles. The second-order valence-electron chi connectivity index (χ2n) is 5.29. The van der Waals surface area contributed by atoms with E-state index in [-0.39, 0.29) is 6.54 Å². The molecule has 0 bridgehead atoms. The summed E-state index contributed by atoms with van der Waals surface area (Å²) in [6.45, 7) is 5.60. The van der Waals surface area contributed by atoms with Crippen LogP contribution in [0.5, 0.6) is 0 Å². The number of hydrogen-bond donors (Lipinski definition) is 1. The lowest BCUT2D eigenvalue weighted by atomic mass is 10.1. The lowest BCUT2D eigenvalue weighted by molar-refractivity contribution is 0.00695. The zero-order valence-electron chi connectivity index (χ0n) is 11.6. The van der Waals surface area contributed by atoms with E-state index in [1.807, 2.05) is 0 Å². The van der Waals surface area contributed by atoms with Gasteiger partial charge in [0.1, 0.15) is 5.60 Å². The summed E-state index contributed by atoms with van der Waals surface area (Å²) in [6.07, 6.45) is 1.10. The fourth-order valence-electron chi connectivity index (χ4n) is 1.31. The molecule has 0 atom stereocenters. The molecule has 0 heterocycles. The van der Waals surface area contributed by atoms with E-state index in [4.69, 9.17) is 4.74 Å². The third-order valence-electron chi connectivity index (χ3n) is 2.13.